The Bertz CT molecular complexity index is 468. The molecule has 1 aromatic rings. The minimum Gasteiger partial charge on any atom is -0.457 e. The maximum atomic E-state index is 12.6. The van der Waals surface area contributed by atoms with Gasteiger partial charge < -0.3 is 9.32 Å². The van der Waals surface area contributed by atoms with Gasteiger partial charge in [-0.1, -0.05) is 0 Å². The van der Waals surface area contributed by atoms with Crippen LogP contribution in [0.4, 0.5) is 13.2 Å². The van der Waals surface area contributed by atoms with Crippen molar-refractivity contribution in [1.29, 1.82) is 0 Å². The van der Waals surface area contributed by atoms with Crippen molar-refractivity contribution >= 4 is 21.8 Å². The van der Waals surface area contributed by atoms with Gasteiger partial charge in [-0.2, -0.15) is 13.2 Å². The maximum absolute atomic E-state index is 12.6. The van der Waals surface area contributed by atoms with Crippen molar-refractivity contribution in [2.45, 2.75) is 32.0 Å². The molecule has 1 aliphatic carbocycles. The summed E-state index contributed by atoms with van der Waals surface area (Å²) in [5.74, 6) is -0.491. The van der Waals surface area contributed by atoms with Crippen LogP contribution in [0.25, 0.3) is 0 Å². The van der Waals surface area contributed by atoms with E-state index in [1.807, 2.05) is 0 Å². The molecule has 0 N–H and O–H groups in total. The van der Waals surface area contributed by atoms with Crippen molar-refractivity contribution in [3.63, 3.8) is 0 Å². The summed E-state index contributed by atoms with van der Waals surface area (Å²) in [7, 11) is 0. The highest BCUT2D eigenvalue weighted by Gasteiger charge is 2.41. The van der Waals surface area contributed by atoms with Crippen LogP contribution in [0.1, 0.15) is 30.1 Å². The highest BCUT2D eigenvalue weighted by atomic mass is 79.9. The van der Waals surface area contributed by atoms with Gasteiger partial charge in [-0.05, 0) is 47.7 Å². The SMILES string of the molecule is CC(C1CC1)N(CC(F)(F)F)C(=O)c1ccoc1Br. The van der Waals surface area contributed by atoms with Gasteiger partial charge in [0.05, 0.1) is 11.8 Å². The van der Waals surface area contributed by atoms with E-state index in [-0.39, 0.29) is 16.2 Å². The quantitative estimate of drug-likeness (QED) is 0.834. The van der Waals surface area contributed by atoms with E-state index in [1.165, 1.54) is 12.3 Å². The average Bonchev–Trinajstić information content (AvgIpc) is 3.06. The lowest BCUT2D eigenvalue weighted by molar-refractivity contribution is -0.144. The average molecular weight is 340 g/mol. The van der Waals surface area contributed by atoms with Crippen molar-refractivity contribution in [3.05, 3.63) is 22.6 Å². The van der Waals surface area contributed by atoms with Gasteiger partial charge in [-0.25, -0.2) is 0 Å². The summed E-state index contributed by atoms with van der Waals surface area (Å²) < 4.78 is 42.9. The molecule has 7 heteroatoms. The zero-order valence-electron chi connectivity index (χ0n) is 10.2. The van der Waals surface area contributed by atoms with E-state index >= 15 is 0 Å². The van der Waals surface area contributed by atoms with E-state index in [2.05, 4.69) is 15.9 Å². The maximum Gasteiger partial charge on any atom is 0.406 e. The first kappa shape index (κ1) is 14.4. The van der Waals surface area contributed by atoms with Crippen LogP contribution in [0, 0.1) is 5.92 Å². The van der Waals surface area contributed by atoms with Crippen LogP contribution in [0.15, 0.2) is 21.4 Å². The van der Waals surface area contributed by atoms with Gasteiger partial charge in [0.15, 0.2) is 4.67 Å². The third kappa shape index (κ3) is 3.52. The fourth-order valence-corrected chi connectivity index (χ4v) is 2.44. The zero-order valence-corrected chi connectivity index (χ0v) is 11.8. The summed E-state index contributed by atoms with van der Waals surface area (Å²) in [6.07, 6.45) is -1.40. The van der Waals surface area contributed by atoms with Gasteiger partial charge in [-0.3, -0.25) is 4.79 Å². The van der Waals surface area contributed by atoms with Gasteiger partial charge in [0.1, 0.15) is 6.54 Å². The third-order valence-electron chi connectivity index (χ3n) is 3.25. The zero-order chi connectivity index (χ0) is 14.2. The Balaban J connectivity index is 2.21. The van der Waals surface area contributed by atoms with Crippen LogP contribution >= 0.6 is 15.9 Å². The molecule has 0 saturated heterocycles. The first-order chi connectivity index (χ1) is 8.79. The molecule has 0 aromatic carbocycles. The monoisotopic (exact) mass is 339 g/mol. The van der Waals surface area contributed by atoms with Crippen molar-refractivity contribution < 1.29 is 22.4 Å². The summed E-state index contributed by atoms with van der Waals surface area (Å²) >= 11 is 3.02. The van der Waals surface area contributed by atoms with Crippen LogP contribution in [0.5, 0.6) is 0 Å². The van der Waals surface area contributed by atoms with E-state index in [0.29, 0.717) is 0 Å². The van der Waals surface area contributed by atoms with Crippen LogP contribution in [-0.4, -0.2) is 29.6 Å². The number of rotatable bonds is 4. The first-order valence-corrected chi connectivity index (χ1v) is 6.69. The number of hydrogen-bond acceptors (Lipinski definition) is 2. The smallest absolute Gasteiger partial charge is 0.406 e. The molecular weight excluding hydrogens is 327 g/mol. The second kappa shape index (κ2) is 5.19. The Morgan fingerprint density at radius 2 is 2.21 bits per heavy atom. The molecule has 0 radical (unpaired) electrons. The second-order valence-corrected chi connectivity index (χ2v) is 5.45. The largest absolute Gasteiger partial charge is 0.457 e. The van der Waals surface area contributed by atoms with Crippen LogP contribution in [-0.2, 0) is 0 Å². The molecule has 1 fully saturated rings. The van der Waals surface area contributed by atoms with E-state index in [9.17, 15) is 18.0 Å². The molecule has 106 valence electrons. The Labute approximate surface area is 116 Å². The number of nitrogens with zero attached hydrogens (tertiary/aromatic N) is 1. The number of halogens is 4. The molecule has 1 saturated carbocycles. The molecule has 1 unspecified atom stereocenters. The molecule has 0 spiro atoms. The van der Waals surface area contributed by atoms with E-state index < -0.39 is 24.7 Å². The van der Waals surface area contributed by atoms with E-state index in [1.54, 1.807) is 6.92 Å². The van der Waals surface area contributed by atoms with Crippen molar-refractivity contribution in [3.8, 4) is 0 Å². The minimum absolute atomic E-state index is 0.122. The highest BCUT2D eigenvalue weighted by molar-refractivity contribution is 9.10. The second-order valence-electron chi connectivity index (χ2n) is 4.73. The molecule has 1 aliphatic rings. The molecule has 1 atom stereocenters. The molecule has 2 rings (SSSR count). The molecule has 0 aliphatic heterocycles. The Hall–Kier alpha value is -0.980. The Kier molecular flexibility index (Phi) is 3.94. The van der Waals surface area contributed by atoms with Gasteiger partial charge in [0.25, 0.3) is 5.91 Å². The Morgan fingerprint density at radius 3 is 2.63 bits per heavy atom. The fourth-order valence-electron chi connectivity index (χ4n) is 2.03. The summed E-state index contributed by atoms with van der Waals surface area (Å²) in [5, 5.41) is 0. The van der Waals surface area contributed by atoms with Gasteiger partial charge in [-0.15, -0.1) is 0 Å². The lowest BCUT2D eigenvalue weighted by atomic mass is 10.1. The summed E-state index contributed by atoms with van der Waals surface area (Å²) in [4.78, 5) is 13.1. The predicted octanol–water partition coefficient (Wildman–Crippen LogP) is 3.85. The van der Waals surface area contributed by atoms with Crippen molar-refractivity contribution in [2.75, 3.05) is 6.54 Å². The Morgan fingerprint density at radius 1 is 1.58 bits per heavy atom. The molecule has 0 bridgehead atoms. The van der Waals surface area contributed by atoms with E-state index in [4.69, 9.17) is 4.42 Å². The summed E-state index contributed by atoms with van der Waals surface area (Å²) in [6.45, 7) is 0.427. The molecule has 1 heterocycles. The van der Waals surface area contributed by atoms with Crippen LogP contribution < -0.4 is 0 Å². The molecule has 1 amide bonds. The van der Waals surface area contributed by atoms with Gasteiger partial charge in [0, 0.05) is 6.04 Å². The van der Waals surface area contributed by atoms with Crippen LogP contribution in [0.2, 0.25) is 0 Å². The summed E-state index contributed by atoms with van der Waals surface area (Å²) in [5.41, 5.74) is 0.122. The molecule has 3 nitrogen and oxygen atoms in total. The van der Waals surface area contributed by atoms with E-state index in [0.717, 1.165) is 17.7 Å². The van der Waals surface area contributed by atoms with Gasteiger partial charge >= 0.3 is 6.18 Å². The number of alkyl halides is 3. The lowest BCUT2D eigenvalue weighted by Gasteiger charge is -2.30. The number of hydrogen-bond donors (Lipinski definition) is 0. The summed E-state index contributed by atoms with van der Waals surface area (Å²) in [6, 6.07) is 0.950. The number of carbonyl (C=O) groups excluding carboxylic acids is 1. The molecular formula is C12H13BrF3NO2. The molecule has 1 aromatic heterocycles. The normalized spacial score (nSPS) is 17.3. The standard InChI is InChI=1S/C12H13BrF3NO2/c1-7(8-2-3-8)17(6-12(14,15)16)11(18)9-4-5-19-10(9)13/h4-5,7-8H,2-3,6H2,1H3. The van der Waals surface area contributed by atoms with Crippen LogP contribution in [0.3, 0.4) is 0 Å². The van der Waals surface area contributed by atoms with Crippen molar-refractivity contribution in [1.82, 2.24) is 4.90 Å². The first-order valence-electron chi connectivity index (χ1n) is 5.90. The number of carbonyl (C=O) groups is 1. The number of furan rings is 1. The minimum atomic E-state index is -4.41. The lowest BCUT2D eigenvalue weighted by Crippen LogP contribution is -2.45. The topological polar surface area (TPSA) is 33.5 Å². The highest BCUT2D eigenvalue weighted by Crippen LogP contribution is 2.37. The number of amides is 1. The van der Waals surface area contributed by atoms with Gasteiger partial charge in [0.2, 0.25) is 0 Å². The fraction of sp³-hybridized carbons (Fsp3) is 0.583. The predicted molar refractivity (Wildman–Crippen MR) is 65.7 cm³/mol. The third-order valence-corrected chi connectivity index (χ3v) is 3.87. The molecule has 19 heavy (non-hydrogen) atoms. The van der Waals surface area contributed by atoms with Crippen molar-refractivity contribution in [2.24, 2.45) is 5.92 Å².